The predicted octanol–water partition coefficient (Wildman–Crippen LogP) is 0.916. The summed E-state index contributed by atoms with van der Waals surface area (Å²) in [6.45, 7) is 4.54. The Bertz CT molecular complexity index is 499. The topological polar surface area (TPSA) is 105 Å². The van der Waals surface area contributed by atoms with Crippen LogP contribution in [0.15, 0.2) is 12.1 Å². The molecule has 1 heterocycles. The molecule has 4 atom stereocenters. The van der Waals surface area contributed by atoms with Crippen LogP contribution in [0, 0.1) is 13.8 Å². The molecule has 2 rings (SSSR count). The first kappa shape index (κ1) is 18.0. The fourth-order valence-electron chi connectivity index (χ4n) is 2.78. The normalized spacial score (nSPS) is 27.9. The summed E-state index contributed by atoms with van der Waals surface area (Å²) in [5.41, 5.74) is 8.72. The highest BCUT2D eigenvalue weighted by Crippen LogP contribution is 2.24. The highest BCUT2D eigenvalue weighted by atomic mass is 16.5. The van der Waals surface area contributed by atoms with Gasteiger partial charge in [-0.15, -0.1) is 0 Å². The molecule has 0 unspecified atom stereocenters. The van der Waals surface area contributed by atoms with Gasteiger partial charge in [0.15, 0.2) is 0 Å². The molecule has 6 heteroatoms. The number of nitrogens with two attached hydrogens (primary N) is 1. The van der Waals surface area contributed by atoms with Crippen molar-refractivity contribution >= 4 is 5.69 Å². The zero-order valence-electron chi connectivity index (χ0n) is 13.7. The van der Waals surface area contributed by atoms with E-state index in [1.54, 1.807) is 0 Å². The van der Waals surface area contributed by atoms with E-state index in [2.05, 4.69) is 0 Å². The summed E-state index contributed by atoms with van der Waals surface area (Å²) in [6.07, 6.45) is -1.39. The molecule has 0 aliphatic carbocycles. The van der Waals surface area contributed by atoms with Crippen LogP contribution in [-0.2, 0) is 4.74 Å². The molecule has 0 radical (unpaired) electrons. The van der Waals surface area contributed by atoms with Crippen molar-refractivity contribution in [3.05, 3.63) is 23.3 Å². The molecule has 1 aliphatic heterocycles. The Hall–Kier alpha value is -1.34. The summed E-state index contributed by atoms with van der Waals surface area (Å²) in [5, 5.41) is 28.9. The van der Waals surface area contributed by atoms with Gasteiger partial charge in [-0.2, -0.15) is 0 Å². The van der Waals surface area contributed by atoms with Crippen molar-refractivity contribution in [3.63, 3.8) is 0 Å². The molecule has 0 saturated carbocycles. The first-order chi connectivity index (χ1) is 10.9. The minimum absolute atomic E-state index is 0.0589. The molecule has 5 N–H and O–H groups in total. The average molecular weight is 325 g/mol. The van der Waals surface area contributed by atoms with Crippen LogP contribution in [0.2, 0.25) is 0 Å². The van der Waals surface area contributed by atoms with Crippen molar-refractivity contribution in [3.8, 4) is 5.75 Å². The van der Waals surface area contributed by atoms with Crippen LogP contribution in [0.3, 0.4) is 0 Å². The number of hydrogen-bond donors (Lipinski definition) is 4. The SMILES string of the molecule is Cc1cc(OCCCC[C@H]2OC[C@@H](O)[C@H](O)[C@H]2O)cc(C)c1N. The zero-order chi connectivity index (χ0) is 17.0. The summed E-state index contributed by atoms with van der Waals surface area (Å²) in [4.78, 5) is 0. The van der Waals surface area contributed by atoms with Crippen molar-refractivity contribution in [2.24, 2.45) is 0 Å². The van der Waals surface area contributed by atoms with Crippen molar-refractivity contribution in [2.45, 2.75) is 57.5 Å². The van der Waals surface area contributed by atoms with Crippen LogP contribution in [0.5, 0.6) is 5.75 Å². The van der Waals surface area contributed by atoms with Crippen LogP contribution in [-0.4, -0.2) is 52.9 Å². The number of ether oxygens (including phenoxy) is 2. The van der Waals surface area contributed by atoms with E-state index in [1.807, 2.05) is 26.0 Å². The fraction of sp³-hybridized carbons (Fsp3) is 0.647. The number of anilines is 1. The fourth-order valence-corrected chi connectivity index (χ4v) is 2.78. The lowest BCUT2D eigenvalue weighted by molar-refractivity contribution is -0.188. The van der Waals surface area contributed by atoms with Gasteiger partial charge in [-0.25, -0.2) is 0 Å². The van der Waals surface area contributed by atoms with Gasteiger partial charge >= 0.3 is 0 Å². The van der Waals surface area contributed by atoms with Gasteiger partial charge in [-0.3, -0.25) is 0 Å². The summed E-state index contributed by atoms with van der Waals surface area (Å²) in [6, 6.07) is 3.85. The van der Waals surface area contributed by atoms with Crippen LogP contribution < -0.4 is 10.5 Å². The molecular weight excluding hydrogens is 298 g/mol. The lowest BCUT2D eigenvalue weighted by Gasteiger charge is -2.35. The number of rotatable bonds is 6. The van der Waals surface area contributed by atoms with Gasteiger partial charge in [0, 0.05) is 5.69 Å². The second-order valence-electron chi connectivity index (χ2n) is 6.24. The van der Waals surface area contributed by atoms with Gasteiger partial charge in [0.2, 0.25) is 0 Å². The molecule has 6 nitrogen and oxygen atoms in total. The molecule has 1 saturated heterocycles. The largest absolute Gasteiger partial charge is 0.494 e. The van der Waals surface area contributed by atoms with Crippen LogP contribution in [0.25, 0.3) is 0 Å². The Morgan fingerprint density at radius 2 is 1.78 bits per heavy atom. The molecule has 0 bridgehead atoms. The third-order valence-corrected chi connectivity index (χ3v) is 4.33. The van der Waals surface area contributed by atoms with E-state index >= 15 is 0 Å². The van der Waals surface area contributed by atoms with E-state index < -0.39 is 24.4 Å². The summed E-state index contributed by atoms with van der Waals surface area (Å²) >= 11 is 0. The van der Waals surface area contributed by atoms with Gasteiger partial charge in [-0.05, 0) is 56.4 Å². The van der Waals surface area contributed by atoms with E-state index in [4.69, 9.17) is 15.2 Å². The highest BCUT2D eigenvalue weighted by Gasteiger charge is 2.36. The number of aryl methyl sites for hydroxylation is 2. The minimum atomic E-state index is -1.13. The molecule has 23 heavy (non-hydrogen) atoms. The highest BCUT2D eigenvalue weighted by molar-refractivity contribution is 5.56. The van der Waals surface area contributed by atoms with Gasteiger partial charge in [-0.1, -0.05) is 0 Å². The third-order valence-electron chi connectivity index (χ3n) is 4.33. The molecule has 130 valence electrons. The first-order valence-corrected chi connectivity index (χ1v) is 8.05. The Labute approximate surface area is 136 Å². The van der Waals surface area contributed by atoms with Gasteiger partial charge in [0.25, 0.3) is 0 Å². The van der Waals surface area contributed by atoms with Crippen LogP contribution >= 0.6 is 0 Å². The Morgan fingerprint density at radius 3 is 2.43 bits per heavy atom. The molecule has 1 aromatic rings. The molecule has 0 amide bonds. The van der Waals surface area contributed by atoms with Gasteiger partial charge in [0.05, 0.1) is 19.3 Å². The molecule has 1 aromatic carbocycles. The number of nitrogen functional groups attached to an aromatic ring is 1. The monoisotopic (exact) mass is 325 g/mol. The average Bonchev–Trinajstić information content (AvgIpc) is 2.52. The molecule has 0 aromatic heterocycles. The van der Waals surface area contributed by atoms with Crippen molar-refractivity contribution < 1.29 is 24.8 Å². The van der Waals surface area contributed by atoms with E-state index in [-0.39, 0.29) is 6.61 Å². The zero-order valence-corrected chi connectivity index (χ0v) is 13.7. The molecule has 1 fully saturated rings. The lowest BCUT2D eigenvalue weighted by Crippen LogP contribution is -2.52. The summed E-state index contributed by atoms with van der Waals surface area (Å²) in [5.74, 6) is 0.807. The standard InChI is InChI=1S/C17H27NO5/c1-10-7-12(8-11(2)15(10)18)22-6-4-3-5-14-17(21)16(20)13(19)9-23-14/h7-8,13-14,16-17,19-21H,3-6,9,18H2,1-2H3/t13-,14-,16+,17+/m1/s1. The maximum absolute atomic E-state index is 9.85. The smallest absolute Gasteiger partial charge is 0.119 e. The van der Waals surface area contributed by atoms with Crippen molar-refractivity contribution in [2.75, 3.05) is 18.9 Å². The minimum Gasteiger partial charge on any atom is -0.494 e. The number of unbranched alkanes of at least 4 members (excludes halogenated alkanes) is 1. The maximum atomic E-state index is 9.85. The quantitative estimate of drug-likeness (QED) is 0.458. The van der Waals surface area contributed by atoms with E-state index in [0.717, 1.165) is 35.4 Å². The number of aliphatic hydroxyl groups is 3. The Morgan fingerprint density at radius 1 is 1.13 bits per heavy atom. The van der Waals surface area contributed by atoms with E-state index in [0.29, 0.717) is 13.0 Å². The lowest BCUT2D eigenvalue weighted by atomic mass is 9.96. The summed E-state index contributed by atoms with van der Waals surface area (Å²) in [7, 11) is 0. The van der Waals surface area contributed by atoms with Crippen LogP contribution in [0.4, 0.5) is 5.69 Å². The first-order valence-electron chi connectivity index (χ1n) is 8.05. The van der Waals surface area contributed by atoms with Crippen molar-refractivity contribution in [1.29, 1.82) is 0 Å². The Balaban J connectivity index is 1.70. The molecule has 1 aliphatic rings. The maximum Gasteiger partial charge on any atom is 0.119 e. The number of hydrogen-bond acceptors (Lipinski definition) is 6. The number of aliphatic hydroxyl groups excluding tert-OH is 3. The second kappa shape index (κ2) is 7.97. The second-order valence-corrected chi connectivity index (χ2v) is 6.24. The molecular formula is C17H27NO5. The Kier molecular flexibility index (Phi) is 6.24. The van der Waals surface area contributed by atoms with E-state index in [1.165, 1.54) is 0 Å². The number of benzene rings is 1. The summed E-state index contributed by atoms with van der Waals surface area (Å²) < 4.78 is 11.1. The third kappa shape index (κ3) is 4.57. The van der Waals surface area contributed by atoms with Crippen LogP contribution in [0.1, 0.15) is 30.4 Å². The predicted molar refractivity (Wildman–Crippen MR) is 87.4 cm³/mol. The van der Waals surface area contributed by atoms with E-state index in [9.17, 15) is 15.3 Å². The van der Waals surface area contributed by atoms with Gasteiger partial charge < -0.3 is 30.5 Å². The van der Waals surface area contributed by atoms with Crippen molar-refractivity contribution in [1.82, 2.24) is 0 Å². The molecule has 0 spiro atoms. The van der Waals surface area contributed by atoms with Gasteiger partial charge in [0.1, 0.15) is 24.1 Å².